The average molecular weight is 385 g/mol. The predicted octanol–water partition coefficient (Wildman–Crippen LogP) is 4.60. The highest BCUT2D eigenvalue weighted by molar-refractivity contribution is 7.22. The fraction of sp³-hybridized carbons (Fsp3) is 0.300. The summed E-state index contributed by atoms with van der Waals surface area (Å²) in [5.74, 6) is -0.245. The number of rotatable bonds is 4. The number of amides is 1. The van der Waals surface area contributed by atoms with Gasteiger partial charge in [-0.05, 0) is 38.0 Å². The van der Waals surface area contributed by atoms with Crippen LogP contribution < -0.4 is 15.0 Å². The molecule has 27 heavy (non-hydrogen) atoms. The highest BCUT2D eigenvalue weighted by atomic mass is 32.1. The van der Waals surface area contributed by atoms with Crippen molar-refractivity contribution in [2.45, 2.75) is 19.8 Å². The molecular weight excluding hydrogens is 365 g/mol. The molecule has 1 saturated heterocycles. The number of carbonyl (C=O) groups excluding carboxylic acids is 1. The minimum Gasteiger partial charge on any atom is -0.494 e. The van der Waals surface area contributed by atoms with Crippen LogP contribution in [0.4, 0.5) is 15.2 Å². The molecule has 1 aliphatic heterocycles. The molecule has 2 heterocycles. The SMILES string of the molecule is COc1cc(F)cc2sc(NC(=O)c3cc(C)ccc3N3CCCC3)nc12. The van der Waals surface area contributed by atoms with Crippen LogP contribution in [0.3, 0.4) is 0 Å². The van der Waals surface area contributed by atoms with Gasteiger partial charge in [0.05, 0.1) is 17.4 Å². The molecule has 0 radical (unpaired) electrons. The lowest BCUT2D eigenvalue weighted by atomic mass is 10.1. The molecule has 1 aliphatic rings. The number of fused-ring (bicyclic) bond motifs is 1. The number of aryl methyl sites for hydroxylation is 1. The third kappa shape index (κ3) is 3.47. The topological polar surface area (TPSA) is 54.5 Å². The lowest BCUT2D eigenvalue weighted by molar-refractivity contribution is 0.102. The second-order valence-electron chi connectivity index (χ2n) is 6.64. The molecule has 0 aliphatic carbocycles. The van der Waals surface area contributed by atoms with E-state index in [0.29, 0.717) is 26.7 Å². The number of thiazole rings is 1. The summed E-state index contributed by atoms with van der Waals surface area (Å²) in [4.78, 5) is 19.6. The fourth-order valence-electron chi connectivity index (χ4n) is 3.41. The van der Waals surface area contributed by atoms with Crippen molar-refractivity contribution in [3.05, 3.63) is 47.3 Å². The molecule has 1 fully saturated rings. The Labute approximate surface area is 160 Å². The van der Waals surface area contributed by atoms with Crippen LogP contribution in [0.15, 0.2) is 30.3 Å². The van der Waals surface area contributed by atoms with Crippen molar-refractivity contribution >= 4 is 38.3 Å². The number of aromatic nitrogens is 1. The minimum absolute atomic E-state index is 0.209. The zero-order chi connectivity index (χ0) is 19.0. The van der Waals surface area contributed by atoms with Crippen LogP contribution in [0.25, 0.3) is 10.2 Å². The molecule has 0 bridgehead atoms. The van der Waals surface area contributed by atoms with Gasteiger partial charge in [0, 0.05) is 24.8 Å². The monoisotopic (exact) mass is 385 g/mol. The van der Waals surface area contributed by atoms with Gasteiger partial charge in [-0.15, -0.1) is 0 Å². The highest BCUT2D eigenvalue weighted by Crippen LogP contribution is 2.34. The summed E-state index contributed by atoms with van der Waals surface area (Å²) in [7, 11) is 1.47. The molecular formula is C20H20FN3O2S. The number of benzene rings is 2. The molecule has 0 saturated carbocycles. The highest BCUT2D eigenvalue weighted by Gasteiger charge is 2.21. The van der Waals surface area contributed by atoms with E-state index in [9.17, 15) is 9.18 Å². The number of hydrogen-bond acceptors (Lipinski definition) is 5. The zero-order valence-electron chi connectivity index (χ0n) is 15.2. The van der Waals surface area contributed by atoms with E-state index in [1.807, 2.05) is 25.1 Å². The molecule has 3 aromatic rings. The molecule has 140 valence electrons. The van der Waals surface area contributed by atoms with E-state index >= 15 is 0 Å². The molecule has 0 unspecified atom stereocenters. The predicted molar refractivity (Wildman–Crippen MR) is 107 cm³/mol. The van der Waals surface area contributed by atoms with Gasteiger partial charge in [0.2, 0.25) is 0 Å². The summed E-state index contributed by atoms with van der Waals surface area (Å²) >= 11 is 1.23. The van der Waals surface area contributed by atoms with Crippen molar-refractivity contribution in [3.63, 3.8) is 0 Å². The van der Waals surface area contributed by atoms with Gasteiger partial charge in [0.1, 0.15) is 17.1 Å². The molecule has 4 rings (SSSR count). The van der Waals surface area contributed by atoms with Crippen molar-refractivity contribution in [2.75, 3.05) is 30.4 Å². The van der Waals surface area contributed by atoms with Gasteiger partial charge >= 0.3 is 0 Å². The number of hydrogen-bond donors (Lipinski definition) is 1. The Morgan fingerprint density at radius 1 is 1.26 bits per heavy atom. The van der Waals surface area contributed by atoms with E-state index in [1.165, 1.54) is 30.6 Å². The Morgan fingerprint density at radius 2 is 2.04 bits per heavy atom. The Morgan fingerprint density at radius 3 is 2.78 bits per heavy atom. The van der Waals surface area contributed by atoms with E-state index < -0.39 is 5.82 Å². The smallest absolute Gasteiger partial charge is 0.259 e. The summed E-state index contributed by atoms with van der Waals surface area (Å²) in [6, 6.07) is 8.62. The van der Waals surface area contributed by atoms with Crippen LogP contribution in [0.5, 0.6) is 5.75 Å². The summed E-state index contributed by atoms with van der Waals surface area (Å²) in [5, 5.41) is 3.30. The maximum atomic E-state index is 13.7. The number of methoxy groups -OCH3 is 1. The standard InChI is InChI=1S/C20H20FN3O2S/c1-12-5-6-15(24-7-3-4-8-24)14(9-12)19(25)23-20-22-18-16(26-2)10-13(21)11-17(18)27-20/h5-6,9-11H,3-4,7-8H2,1-2H3,(H,22,23,25). The van der Waals surface area contributed by atoms with E-state index in [-0.39, 0.29) is 5.91 Å². The first-order chi connectivity index (χ1) is 13.0. The van der Waals surface area contributed by atoms with Crippen LogP contribution in [-0.2, 0) is 0 Å². The number of nitrogens with one attached hydrogen (secondary N) is 1. The fourth-order valence-corrected chi connectivity index (χ4v) is 4.31. The lowest BCUT2D eigenvalue weighted by Crippen LogP contribution is -2.23. The third-order valence-corrected chi connectivity index (χ3v) is 5.63. The first kappa shape index (κ1) is 17.7. The molecule has 0 atom stereocenters. The van der Waals surface area contributed by atoms with Crippen molar-refractivity contribution in [3.8, 4) is 5.75 Å². The molecule has 1 aromatic heterocycles. The normalized spacial score (nSPS) is 14.0. The third-order valence-electron chi connectivity index (χ3n) is 4.71. The lowest BCUT2D eigenvalue weighted by Gasteiger charge is -2.21. The molecule has 5 nitrogen and oxygen atoms in total. The largest absolute Gasteiger partial charge is 0.494 e. The van der Waals surface area contributed by atoms with Gasteiger partial charge in [-0.25, -0.2) is 9.37 Å². The average Bonchev–Trinajstić information content (AvgIpc) is 3.30. The Balaban J connectivity index is 1.66. The van der Waals surface area contributed by atoms with Gasteiger partial charge in [-0.2, -0.15) is 0 Å². The number of halogens is 1. The Hall–Kier alpha value is -2.67. The number of carbonyl (C=O) groups is 1. The van der Waals surface area contributed by atoms with Gasteiger partial charge in [-0.1, -0.05) is 23.0 Å². The Kier molecular flexibility index (Phi) is 4.70. The molecule has 0 spiro atoms. The minimum atomic E-state index is -0.393. The maximum absolute atomic E-state index is 13.7. The quantitative estimate of drug-likeness (QED) is 0.713. The van der Waals surface area contributed by atoms with Gasteiger partial charge in [-0.3, -0.25) is 10.1 Å². The van der Waals surface area contributed by atoms with Gasteiger partial charge in [0.25, 0.3) is 5.91 Å². The van der Waals surface area contributed by atoms with Crippen molar-refractivity contribution in [1.29, 1.82) is 0 Å². The Bertz CT molecular complexity index is 1010. The molecule has 1 N–H and O–H groups in total. The van der Waals surface area contributed by atoms with Crippen molar-refractivity contribution < 1.29 is 13.9 Å². The van der Waals surface area contributed by atoms with E-state index in [1.54, 1.807) is 0 Å². The second kappa shape index (κ2) is 7.15. The summed E-state index contributed by atoms with van der Waals surface area (Å²) < 4.78 is 19.5. The summed E-state index contributed by atoms with van der Waals surface area (Å²) in [6.45, 7) is 3.89. The number of nitrogens with zero attached hydrogens (tertiary/aromatic N) is 2. The first-order valence-electron chi connectivity index (χ1n) is 8.86. The first-order valence-corrected chi connectivity index (χ1v) is 9.68. The van der Waals surface area contributed by atoms with Crippen LogP contribution in [0, 0.1) is 12.7 Å². The molecule has 1 amide bonds. The molecule has 2 aromatic carbocycles. The number of anilines is 2. The van der Waals surface area contributed by atoms with Crippen LogP contribution in [0.2, 0.25) is 0 Å². The zero-order valence-corrected chi connectivity index (χ0v) is 16.0. The molecule has 7 heteroatoms. The van der Waals surface area contributed by atoms with E-state index in [2.05, 4.69) is 15.2 Å². The van der Waals surface area contributed by atoms with E-state index in [0.717, 1.165) is 37.2 Å². The van der Waals surface area contributed by atoms with Crippen LogP contribution in [-0.4, -0.2) is 31.1 Å². The number of ether oxygens (including phenoxy) is 1. The van der Waals surface area contributed by atoms with Crippen molar-refractivity contribution in [2.24, 2.45) is 0 Å². The van der Waals surface area contributed by atoms with Gasteiger partial charge < -0.3 is 9.64 Å². The summed E-state index contributed by atoms with van der Waals surface area (Å²) in [6.07, 6.45) is 2.27. The maximum Gasteiger partial charge on any atom is 0.259 e. The van der Waals surface area contributed by atoms with E-state index in [4.69, 9.17) is 4.74 Å². The van der Waals surface area contributed by atoms with Crippen LogP contribution >= 0.6 is 11.3 Å². The van der Waals surface area contributed by atoms with Crippen molar-refractivity contribution in [1.82, 2.24) is 4.98 Å². The van der Waals surface area contributed by atoms with Gasteiger partial charge in [0.15, 0.2) is 5.13 Å². The van der Waals surface area contributed by atoms with Crippen LogP contribution in [0.1, 0.15) is 28.8 Å². The second-order valence-corrected chi connectivity index (χ2v) is 7.67. The summed E-state index contributed by atoms with van der Waals surface area (Å²) in [5.41, 5.74) is 3.15.